The predicted octanol–water partition coefficient (Wildman–Crippen LogP) is 4.99. The third kappa shape index (κ3) is 2.94. The van der Waals surface area contributed by atoms with Crippen molar-refractivity contribution in [3.05, 3.63) is 63.1 Å². The molecule has 0 saturated carbocycles. The van der Waals surface area contributed by atoms with Crippen LogP contribution in [0.5, 0.6) is 0 Å². The molecular weight excluding hydrogens is 286 g/mol. The minimum absolute atomic E-state index is 0.868. The molecule has 0 aliphatic rings. The molecule has 2 rings (SSSR count). The van der Waals surface area contributed by atoms with E-state index in [2.05, 4.69) is 78.4 Å². The summed E-state index contributed by atoms with van der Waals surface area (Å²) in [5.41, 5.74) is 6.38. The Balaban J connectivity index is 2.14. The maximum absolute atomic E-state index is 3.59. The first kappa shape index (κ1) is 13.2. The second-order valence-corrected chi connectivity index (χ2v) is 5.50. The van der Waals surface area contributed by atoms with Gasteiger partial charge < -0.3 is 5.32 Å². The quantitative estimate of drug-likeness (QED) is 0.842. The second kappa shape index (κ2) is 5.57. The van der Waals surface area contributed by atoms with Gasteiger partial charge in [-0.25, -0.2) is 0 Å². The molecule has 18 heavy (non-hydrogen) atoms. The van der Waals surface area contributed by atoms with Gasteiger partial charge in [0.2, 0.25) is 0 Å². The Morgan fingerprint density at radius 2 is 1.56 bits per heavy atom. The van der Waals surface area contributed by atoms with Gasteiger partial charge in [0.05, 0.1) is 0 Å². The molecular formula is C16H18BrN. The Bertz CT molecular complexity index is 538. The van der Waals surface area contributed by atoms with Gasteiger partial charge in [0, 0.05) is 16.7 Å². The molecule has 0 saturated heterocycles. The summed E-state index contributed by atoms with van der Waals surface area (Å²) in [6.45, 7) is 7.26. The van der Waals surface area contributed by atoms with Crippen molar-refractivity contribution in [2.75, 3.05) is 5.32 Å². The van der Waals surface area contributed by atoms with Crippen LogP contribution in [0.3, 0.4) is 0 Å². The monoisotopic (exact) mass is 303 g/mol. The minimum atomic E-state index is 0.868. The summed E-state index contributed by atoms with van der Waals surface area (Å²) in [5.74, 6) is 0. The van der Waals surface area contributed by atoms with Crippen LogP contribution in [-0.2, 0) is 6.54 Å². The molecule has 0 heterocycles. The molecule has 2 aromatic carbocycles. The van der Waals surface area contributed by atoms with Gasteiger partial charge in [-0.1, -0.05) is 40.2 Å². The number of anilines is 1. The minimum Gasteiger partial charge on any atom is -0.381 e. The average Bonchev–Trinajstić information content (AvgIpc) is 2.35. The molecule has 0 fully saturated rings. The highest BCUT2D eigenvalue weighted by Crippen LogP contribution is 2.25. The first-order chi connectivity index (χ1) is 8.58. The van der Waals surface area contributed by atoms with Crippen LogP contribution in [0.25, 0.3) is 0 Å². The molecule has 0 amide bonds. The summed E-state index contributed by atoms with van der Waals surface area (Å²) in [6, 6.07) is 12.8. The Labute approximate surface area is 117 Å². The lowest BCUT2D eigenvalue weighted by Crippen LogP contribution is -2.02. The van der Waals surface area contributed by atoms with Crippen LogP contribution in [0, 0.1) is 20.8 Å². The lowest BCUT2D eigenvalue weighted by atomic mass is 10.1. The van der Waals surface area contributed by atoms with Crippen LogP contribution in [0.15, 0.2) is 40.9 Å². The highest BCUT2D eigenvalue weighted by atomic mass is 79.9. The Hall–Kier alpha value is -1.28. The maximum atomic E-state index is 3.59. The highest BCUT2D eigenvalue weighted by molar-refractivity contribution is 9.10. The van der Waals surface area contributed by atoms with Crippen LogP contribution in [0.4, 0.5) is 5.69 Å². The van der Waals surface area contributed by atoms with Crippen molar-refractivity contribution in [3.8, 4) is 0 Å². The zero-order valence-corrected chi connectivity index (χ0v) is 12.6. The van der Waals surface area contributed by atoms with Crippen molar-refractivity contribution in [3.63, 3.8) is 0 Å². The largest absolute Gasteiger partial charge is 0.381 e. The summed E-state index contributed by atoms with van der Waals surface area (Å²) in [6.07, 6.45) is 0. The second-order valence-electron chi connectivity index (χ2n) is 4.70. The van der Waals surface area contributed by atoms with Crippen LogP contribution >= 0.6 is 15.9 Å². The van der Waals surface area contributed by atoms with E-state index in [9.17, 15) is 0 Å². The third-order valence-corrected chi connectivity index (χ3v) is 4.43. The van der Waals surface area contributed by atoms with Gasteiger partial charge >= 0.3 is 0 Å². The number of hydrogen-bond acceptors (Lipinski definition) is 1. The molecule has 1 nitrogen and oxygen atoms in total. The molecule has 0 spiro atoms. The smallest absolute Gasteiger partial charge is 0.0403 e. The van der Waals surface area contributed by atoms with Gasteiger partial charge in [-0.05, 0) is 55.2 Å². The number of benzene rings is 2. The fourth-order valence-corrected chi connectivity index (χ4v) is 2.28. The molecule has 0 unspecified atom stereocenters. The van der Waals surface area contributed by atoms with E-state index in [4.69, 9.17) is 0 Å². The predicted molar refractivity (Wildman–Crippen MR) is 82.1 cm³/mol. The van der Waals surface area contributed by atoms with Crippen molar-refractivity contribution < 1.29 is 0 Å². The van der Waals surface area contributed by atoms with Crippen molar-refractivity contribution in [1.82, 2.24) is 0 Å². The van der Waals surface area contributed by atoms with Crippen LogP contribution < -0.4 is 5.32 Å². The molecule has 2 aromatic rings. The maximum Gasteiger partial charge on any atom is 0.0403 e. The Morgan fingerprint density at radius 1 is 0.944 bits per heavy atom. The average molecular weight is 304 g/mol. The van der Waals surface area contributed by atoms with E-state index in [0.717, 1.165) is 6.54 Å². The molecule has 0 aromatic heterocycles. The number of nitrogens with one attached hydrogen (secondary N) is 1. The molecule has 1 N–H and O–H groups in total. The third-order valence-electron chi connectivity index (χ3n) is 3.18. The molecule has 2 heteroatoms. The molecule has 0 bridgehead atoms. The topological polar surface area (TPSA) is 12.0 Å². The standard InChI is InChI=1S/C16H18BrN/c1-11-6-4-5-7-14(11)10-18-15-8-12(2)16(17)13(3)9-15/h4-9,18H,10H2,1-3H3. The SMILES string of the molecule is Cc1ccccc1CNc1cc(C)c(Br)c(C)c1. The Kier molecular flexibility index (Phi) is 4.07. The van der Waals surface area contributed by atoms with Crippen LogP contribution in [0.2, 0.25) is 0 Å². The zero-order chi connectivity index (χ0) is 13.1. The summed E-state index contributed by atoms with van der Waals surface area (Å²) >= 11 is 3.59. The van der Waals surface area contributed by atoms with Gasteiger partial charge in [-0.3, -0.25) is 0 Å². The number of rotatable bonds is 3. The van der Waals surface area contributed by atoms with Crippen molar-refractivity contribution in [1.29, 1.82) is 0 Å². The normalized spacial score (nSPS) is 10.4. The number of halogens is 1. The van der Waals surface area contributed by atoms with E-state index < -0.39 is 0 Å². The van der Waals surface area contributed by atoms with E-state index in [-0.39, 0.29) is 0 Å². The summed E-state index contributed by atoms with van der Waals surface area (Å²) < 4.78 is 1.20. The molecule has 0 radical (unpaired) electrons. The van der Waals surface area contributed by atoms with Crippen LogP contribution in [-0.4, -0.2) is 0 Å². The van der Waals surface area contributed by atoms with Crippen LogP contribution in [0.1, 0.15) is 22.3 Å². The van der Waals surface area contributed by atoms with E-state index in [1.807, 2.05) is 0 Å². The summed E-state index contributed by atoms with van der Waals surface area (Å²) in [4.78, 5) is 0. The Morgan fingerprint density at radius 3 is 2.17 bits per heavy atom. The fraction of sp³-hybridized carbons (Fsp3) is 0.250. The van der Waals surface area contributed by atoms with Gasteiger partial charge in [-0.15, -0.1) is 0 Å². The molecule has 0 atom stereocenters. The summed E-state index contributed by atoms with van der Waals surface area (Å²) in [7, 11) is 0. The lowest BCUT2D eigenvalue weighted by molar-refractivity contribution is 1.11. The zero-order valence-electron chi connectivity index (χ0n) is 11.0. The van der Waals surface area contributed by atoms with E-state index >= 15 is 0 Å². The van der Waals surface area contributed by atoms with Crippen molar-refractivity contribution in [2.24, 2.45) is 0 Å². The van der Waals surface area contributed by atoms with Crippen molar-refractivity contribution >= 4 is 21.6 Å². The fourth-order valence-electron chi connectivity index (χ4n) is 2.05. The number of aryl methyl sites for hydroxylation is 3. The molecule has 0 aliphatic carbocycles. The first-order valence-electron chi connectivity index (χ1n) is 6.13. The number of hydrogen-bond donors (Lipinski definition) is 1. The lowest BCUT2D eigenvalue weighted by Gasteiger charge is -2.12. The highest BCUT2D eigenvalue weighted by Gasteiger charge is 2.02. The van der Waals surface area contributed by atoms with E-state index in [1.165, 1.54) is 32.4 Å². The molecule has 94 valence electrons. The van der Waals surface area contributed by atoms with Gasteiger partial charge in [-0.2, -0.15) is 0 Å². The van der Waals surface area contributed by atoms with E-state index in [1.54, 1.807) is 0 Å². The van der Waals surface area contributed by atoms with Gasteiger partial charge in [0.15, 0.2) is 0 Å². The van der Waals surface area contributed by atoms with Gasteiger partial charge in [0.1, 0.15) is 0 Å². The van der Waals surface area contributed by atoms with Crippen molar-refractivity contribution in [2.45, 2.75) is 27.3 Å². The first-order valence-corrected chi connectivity index (χ1v) is 6.92. The molecule has 0 aliphatic heterocycles. The van der Waals surface area contributed by atoms with E-state index in [0.29, 0.717) is 0 Å². The summed E-state index contributed by atoms with van der Waals surface area (Å²) in [5, 5.41) is 3.49. The van der Waals surface area contributed by atoms with Gasteiger partial charge in [0.25, 0.3) is 0 Å².